The molecule has 1 amide bonds. The van der Waals surface area contributed by atoms with E-state index in [0.29, 0.717) is 5.69 Å². The van der Waals surface area contributed by atoms with Crippen molar-refractivity contribution in [2.75, 3.05) is 11.9 Å². The van der Waals surface area contributed by atoms with E-state index in [1.165, 1.54) is 7.05 Å². The Morgan fingerprint density at radius 3 is 2.77 bits per heavy atom. The van der Waals surface area contributed by atoms with E-state index in [9.17, 15) is 13.6 Å². The lowest BCUT2D eigenvalue weighted by Gasteiger charge is -2.19. The van der Waals surface area contributed by atoms with Crippen LogP contribution < -0.4 is 4.90 Å². The molecule has 0 N–H and O–H groups in total. The number of benzene rings is 1. The second-order valence-corrected chi connectivity index (χ2v) is 5.56. The fourth-order valence-electron chi connectivity index (χ4n) is 2.96. The van der Waals surface area contributed by atoms with Crippen molar-refractivity contribution in [2.45, 2.75) is 25.7 Å². The van der Waals surface area contributed by atoms with Crippen LogP contribution in [0.5, 0.6) is 0 Å². The predicted molar refractivity (Wildman–Crippen MR) is 78.9 cm³/mol. The molecule has 0 spiro atoms. The Balaban J connectivity index is 2.00. The lowest BCUT2D eigenvalue weighted by Crippen LogP contribution is -2.30. The zero-order chi connectivity index (χ0) is 15.9. The second kappa shape index (κ2) is 5.51. The maximum atomic E-state index is 13.9. The van der Waals surface area contributed by atoms with Crippen LogP contribution in [0.15, 0.2) is 18.2 Å². The molecule has 0 radical (unpaired) electrons. The first kappa shape index (κ1) is 14.7. The summed E-state index contributed by atoms with van der Waals surface area (Å²) in [5, 5.41) is 4.39. The molecule has 2 aromatic rings. The fourth-order valence-corrected chi connectivity index (χ4v) is 2.96. The molecule has 0 aliphatic heterocycles. The van der Waals surface area contributed by atoms with Gasteiger partial charge in [-0.1, -0.05) is 0 Å². The number of hydrogen-bond donors (Lipinski definition) is 0. The molecule has 22 heavy (non-hydrogen) atoms. The third kappa shape index (κ3) is 2.38. The van der Waals surface area contributed by atoms with E-state index in [-0.39, 0.29) is 11.6 Å². The minimum absolute atomic E-state index is 0.0734. The minimum Gasteiger partial charge on any atom is -0.307 e. The average molecular weight is 305 g/mol. The molecule has 0 fully saturated rings. The van der Waals surface area contributed by atoms with E-state index in [2.05, 4.69) is 5.10 Å². The smallest absolute Gasteiger partial charge is 0.276 e. The zero-order valence-electron chi connectivity index (χ0n) is 12.6. The highest BCUT2D eigenvalue weighted by atomic mass is 19.1. The van der Waals surface area contributed by atoms with Crippen LogP contribution in [-0.4, -0.2) is 22.7 Å². The van der Waals surface area contributed by atoms with Crippen molar-refractivity contribution in [3.05, 3.63) is 46.8 Å². The van der Waals surface area contributed by atoms with Crippen molar-refractivity contribution in [1.29, 1.82) is 0 Å². The van der Waals surface area contributed by atoms with Gasteiger partial charge in [-0.3, -0.25) is 9.48 Å². The molecule has 1 aromatic heterocycles. The molecular weight excluding hydrogens is 288 g/mol. The van der Waals surface area contributed by atoms with Crippen LogP contribution in [-0.2, 0) is 19.9 Å². The number of halogens is 2. The Hall–Kier alpha value is -2.24. The van der Waals surface area contributed by atoms with Gasteiger partial charge in [-0.15, -0.1) is 0 Å². The first-order chi connectivity index (χ1) is 10.5. The van der Waals surface area contributed by atoms with Gasteiger partial charge in [0.05, 0.1) is 11.4 Å². The van der Waals surface area contributed by atoms with Gasteiger partial charge in [0.25, 0.3) is 5.91 Å². The Bertz CT molecular complexity index is 739. The van der Waals surface area contributed by atoms with Gasteiger partial charge in [-0.25, -0.2) is 8.78 Å². The SMILES string of the molecule is CN(C(=O)c1c2c(nn1C)CCCC2)c1cc(F)ccc1F. The van der Waals surface area contributed by atoms with E-state index >= 15 is 0 Å². The Morgan fingerprint density at radius 1 is 1.27 bits per heavy atom. The highest BCUT2D eigenvalue weighted by molar-refractivity contribution is 6.05. The van der Waals surface area contributed by atoms with E-state index in [1.807, 2.05) is 0 Å². The quantitative estimate of drug-likeness (QED) is 0.855. The van der Waals surface area contributed by atoms with Crippen molar-refractivity contribution in [3.63, 3.8) is 0 Å². The standard InChI is InChI=1S/C16H17F2N3O/c1-20(14-9-10(17)7-8-12(14)18)16(22)15-11-5-3-4-6-13(11)19-21(15)2/h7-9H,3-6H2,1-2H3. The largest absolute Gasteiger partial charge is 0.307 e. The summed E-state index contributed by atoms with van der Waals surface area (Å²) in [6.07, 6.45) is 3.72. The number of amides is 1. The fraction of sp³-hybridized carbons (Fsp3) is 0.375. The van der Waals surface area contributed by atoms with Crippen LogP contribution in [0.4, 0.5) is 14.5 Å². The minimum atomic E-state index is -0.631. The van der Waals surface area contributed by atoms with Crippen LogP contribution in [0, 0.1) is 11.6 Å². The van der Waals surface area contributed by atoms with E-state index in [0.717, 1.165) is 60.0 Å². The normalized spacial score (nSPS) is 13.8. The van der Waals surface area contributed by atoms with Gasteiger partial charge in [-0.2, -0.15) is 5.10 Å². The molecule has 0 saturated heterocycles. The average Bonchev–Trinajstić information content (AvgIpc) is 2.84. The predicted octanol–water partition coefficient (Wildman–Crippen LogP) is 2.85. The lowest BCUT2D eigenvalue weighted by atomic mass is 9.95. The van der Waals surface area contributed by atoms with Gasteiger partial charge < -0.3 is 4.90 Å². The number of aryl methyl sites for hydroxylation is 2. The summed E-state index contributed by atoms with van der Waals surface area (Å²) in [6, 6.07) is 3.08. The number of carbonyl (C=O) groups is 1. The molecule has 0 atom stereocenters. The maximum absolute atomic E-state index is 13.9. The molecular formula is C16H17F2N3O. The summed E-state index contributed by atoms with van der Waals surface area (Å²) < 4.78 is 28.8. The van der Waals surface area contributed by atoms with E-state index < -0.39 is 11.6 Å². The molecule has 116 valence electrons. The third-order valence-corrected chi connectivity index (χ3v) is 4.10. The Labute approximate surface area is 127 Å². The summed E-state index contributed by atoms with van der Waals surface area (Å²) in [5.41, 5.74) is 2.25. The number of rotatable bonds is 2. The zero-order valence-corrected chi connectivity index (χ0v) is 12.6. The third-order valence-electron chi connectivity index (χ3n) is 4.10. The molecule has 4 nitrogen and oxygen atoms in total. The molecule has 1 heterocycles. The number of carbonyl (C=O) groups excluding carboxylic acids is 1. The van der Waals surface area contributed by atoms with Gasteiger partial charge >= 0.3 is 0 Å². The number of aromatic nitrogens is 2. The van der Waals surface area contributed by atoms with E-state index in [4.69, 9.17) is 0 Å². The van der Waals surface area contributed by atoms with Crippen LogP contribution in [0.25, 0.3) is 0 Å². The topological polar surface area (TPSA) is 38.1 Å². The number of fused-ring (bicyclic) bond motifs is 1. The Morgan fingerprint density at radius 2 is 2.00 bits per heavy atom. The highest BCUT2D eigenvalue weighted by Crippen LogP contribution is 2.27. The summed E-state index contributed by atoms with van der Waals surface area (Å²) in [7, 11) is 3.16. The summed E-state index contributed by atoms with van der Waals surface area (Å²) in [5.74, 6) is -1.58. The highest BCUT2D eigenvalue weighted by Gasteiger charge is 2.27. The maximum Gasteiger partial charge on any atom is 0.276 e. The summed E-state index contributed by atoms with van der Waals surface area (Å²) in [6.45, 7) is 0. The van der Waals surface area contributed by atoms with Gasteiger partial charge in [-0.05, 0) is 37.8 Å². The van der Waals surface area contributed by atoms with Gasteiger partial charge in [0, 0.05) is 25.7 Å². The van der Waals surface area contributed by atoms with E-state index in [1.54, 1.807) is 11.7 Å². The number of anilines is 1. The van der Waals surface area contributed by atoms with Crippen LogP contribution in [0.1, 0.15) is 34.6 Å². The van der Waals surface area contributed by atoms with Crippen LogP contribution >= 0.6 is 0 Å². The summed E-state index contributed by atoms with van der Waals surface area (Å²) >= 11 is 0. The first-order valence-corrected chi connectivity index (χ1v) is 7.27. The monoisotopic (exact) mass is 305 g/mol. The van der Waals surface area contributed by atoms with Crippen LogP contribution in [0.2, 0.25) is 0 Å². The van der Waals surface area contributed by atoms with Crippen molar-refractivity contribution in [2.24, 2.45) is 7.05 Å². The molecule has 1 aliphatic rings. The molecule has 6 heteroatoms. The van der Waals surface area contributed by atoms with Crippen LogP contribution in [0.3, 0.4) is 0 Å². The molecule has 3 rings (SSSR count). The first-order valence-electron chi connectivity index (χ1n) is 7.27. The van der Waals surface area contributed by atoms with Gasteiger partial charge in [0.1, 0.15) is 17.3 Å². The molecule has 0 bridgehead atoms. The number of hydrogen-bond acceptors (Lipinski definition) is 2. The Kier molecular flexibility index (Phi) is 3.68. The van der Waals surface area contributed by atoms with Gasteiger partial charge in [0.2, 0.25) is 0 Å². The number of nitrogens with zero attached hydrogens (tertiary/aromatic N) is 3. The van der Waals surface area contributed by atoms with Crippen molar-refractivity contribution in [1.82, 2.24) is 9.78 Å². The summed E-state index contributed by atoms with van der Waals surface area (Å²) in [4.78, 5) is 13.9. The molecule has 0 saturated carbocycles. The molecule has 0 unspecified atom stereocenters. The van der Waals surface area contributed by atoms with Crippen molar-refractivity contribution in [3.8, 4) is 0 Å². The van der Waals surface area contributed by atoms with Crippen molar-refractivity contribution >= 4 is 11.6 Å². The second-order valence-electron chi connectivity index (χ2n) is 5.56. The molecule has 1 aromatic carbocycles. The lowest BCUT2D eigenvalue weighted by molar-refractivity contribution is 0.0982. The van der Waals surface area contributed by atoms with Gasteiger partial charge in [0.15, 0.2) is 0 Å². The molecule has 1 aliphatic carbocycles. The van der Waals surface area contributed by atoms with Crippen molar-refractivity contribution < 1.29 is 13.6 Å².